The fourth-order valence-electron chi connectivity index (χ4n) is 3.50. The number of amides is 1. The second kappa shape index (κ2) is 7.54. The summed E-state index contributed by atoms with van der Waals surface area (Å²) in [5.74, 6) is -0.289. The molecule has 0 unspecified atom stereocenters. The average molecular weight is 399 g/mol. The van der Waals surface area contributed by atoms with E-state index in [0.29, 0.717) is 30.8 Å². The second-order valence-electron chi connectivity index (χ2n) is 6.91. The number of hydrogen-bond donors (Lipinski definition) is 1. The third kappa shape index (κ3) is 3.78. The van der Waals surface area contributed by atoms with Gasteiger partial charge < -0.3 is 9.64 Å². The first-order chi connectivity index (χ1) is 13.9. The normalized spacial score (nSPS) is 13.4. The molecule has 0 spiro atoms. The predicted octanol–water partition coefficient (Wildman–Crippen LogP) is 3.67. The van der Waals surface area contributed by atoms with Crippen LogP contribution in [-0.4, -0.2) is 28.8 Å². The van der Waals surface area contributed by atoms with Crippen molar-refractivity contribution in [3.05, 3.63) is 75.7 Å². The molecule has 0 saturated heterocycles. The molecular weight excluding hydrogens is 380 g/mol. The number of nitrogens with one attached hydrogen (secondary N) is 1. The second-order valence-corrected chi connectivity index (χ2v) is 6.91. The van der Waals surface area contributed by atoms with Crippen molar-refractivity contribution < 1.29 is 18.3 Å². The van der Waals surface area contributed by atoms with Crippen LogP contribution in [0.3, 0.4) is 0 Å². The lowest BCUT2D eigenvalue weighted by atomic mass is 10.0. The van der Waals surface area contributed by atoms with Gasteiger partial charge in [-0.05, 0) is 55.7 Å². The highest BCUT2D eigenvalue weighted by atomic mass is 19.3. The maximum Gasteiger partial charge on any atom is 0.387 e. The number of alkyl halides is 2. The Hall–Kier alpha value is -3.42. The highest BCUT2D eigenvalue weighted by Crippen LogP contribution is 2.32. The van der Waals surface area contributed by atoms with Crippen molar-refractivity contribution >= 4 is 11.6 Å². The molecule has 1 aliphatic heterocycles. The molecule has 8 heteroatoms. The van der Waals surface area contributed by atoms with E-state index in [1.54, 1.807) is 23.1 Å². The molecule has 0 fully saturated rings. The van der Waals surface area contributed by atoms with Crippen LogP contribution in [0.4, 0.5) is 14.5 Å². The predicted molar refractivity (Wildman–Crippen MR) is 104 cm³/mol. The first-order valence-electron chi connectivity index (χ1n) is 9.21. The molecule has 2 heterocycles. The molecular formula is C21H19F2N3O3. The number of benzene rings is 2. The first-order valence-corrected chi connectivity index (χ1v) is 9.21. The number of carbonyl (C=O) groups excluding carboxylic acids is 1. The Balaban J connectivity index is 1.64. The number of fused-ring (bicyclic) bond motifs is 1. The lowest BCUT2D eigenvalue weighted by Gasteiger charge is -2.29. The van der Waals surface area contributed by atoms with Gasteiger partial charge in [0, 0.05) is 18.3 Å². The average Bonchev–Trinajstić information content (AvgIpc) is 3.08. The molecule has 1 aromatic heterocycles. The molecule has 0 atom stereocenters. The van der Waals surface area contributed by atoms with Crippen LogP contribution in [0.1, 0.15) is 28.0 Å². The molecule has 6 nitrogen and oxygen atoms in total. The van der Waals surface area contributed by atoms with E-state index in [-0.39, 0.29) is 22.9 Å². The van der Waals surface area contributed by atoms with Gasteiger partial charge in [-0.1, -0.05) is 17.7 Å². The minimum atomic E-state index is -2.90. The van der Waals surface area contributed by atoms with Gasteiger partial charge in [-0.15, -0.1) is 0 Å². The van der Waals surface area contributed by atoms with Gasteiger partial charge in [0.2, 0.25) is 0 Å². The summed E-state index contributed by atoms with van der Waals surface area (Å²) in [6.45, 7) is -0.485. The van der Waals surface area contributed by atoms with Crippen LogP contribution < -0.4 is 15.2 Å². The van der Waals surface area contributed by atoms with Crippen LogP contribution in [0, 0.1) is 6.92 Å². The Labute approximate surface area is 165 Å². The summed E-state index contributed by atoms with van der Waals surface area (Å²) in [5.41, 5.74) is 2.90. The Kier molecular flexibility index (Phi) is 4.92. The Morgan fingerprint density at radius 3 is 2.62 bits per heavy atom. The molecule has 1 aliphatic rings. The van der Waals surface area contributed by atoms with Crippen LogP contribution in [0.25, 0.3) is 5.69 Å². The van der Waals surface area contributed by atoms with E-state index in [0.717, 1.165) is 11.1 Å². The van der Waals surface area contributed by atoms with Gasteiger partial charge in [0.05, 0.1) is 5.69 Å². The van der Waals surface area contributed by atoms with Crippen molar-refractivity contribution in [2.45, 2.75) is 26.4 Å². The van der Waals surface area contributed by atoms with Gasteiger partial charge in [-0.25, -0.2) is 4.68 Å². The quantitative estimate of drug-likeness (QED) is 0.728. The van der Waals surface area contributed by atoms with Crippen LogP contribution in [0.2, 0.25) is 0 Å². The molecule has 1 amide bonds. The van der Waals surface area contributed by atoms with E-state index in [1.807, 2.05) is 19.1 Å². The van der Waals surface area contributed by atoms with Crippen molar-refractivity contribution in [3.8, 4) is 11.4 Å². The summed E-state index contributed by atoms with van der Waals surface area (Å²) in [6, 6.07) is 13.2. The maximum absolute atomic E-state index is 13.1. The van der Waals surface area contributed by atoms with E-state index < -0.39 is 6.61 Å². The smallest absolute Gasteiger partial charge is 0.387 e. The Morgan fingerprint density at radius 2 is 1.90 bits per heavy atom. The first kappa shape index (κ1) is 18.9. The van der Waals surface area contributed by atoms with Crippen molar-refractivity contribution in [1.29, 1.82) is 0 Å². The number of anilines is 1. The summed E-state index contributed by atoms with van der Waals surface area (Å²) in [4.78, 5) is 27.0. The van der Waals surface area contributed by atoms with Gasteiger partial charge in [-0.2, -0.15) is 8.78 Å². The van der Waals surface area contributed by atoms with Crippen LogP contribution in [-0.2, 0) is 6.42 Å². The molecule has 1 N–H and O–H groups in total. The van der Waals surface area contributed by atoms with Crippen molar-refractivity contribution in [3.63, 3.8) is 0 Å². The molecule has 3 aromatic rings. The zero-order valence-electron chi connectivity index (χ0n) is 15.7. The number of aromatic amines is 1. The topological polar surface area (TPSA) is 67.3 Å². The lowest BCUT2D eigenvalue weighted by Crippen LogP contribution is -2.35. The minimum absolute atomic E-state index is 0.0620. The maximum atomic E-state index is 13.1. The summed E-state index contributed by atoms with van der Waals surface area (Å²) in [6.07, 6.45) is 1.33. The van der Waals surface area contributed by atoms with Gasteiger partial charge in [0.1, 0.15) is 11.4 Å². The summed E-state index contributed by atoms with van der Waals surface area (Å²) in [5, 5.41) is 2.87. The summed E-state index contributed by atoms with van der Waals surface area (Å²) in [7, 11) is 0. The molecule has 150 valence electrons. The van der Waals surface area contributed by atoms with Crippen LogP contribution in [0.15, 0.2) is 53.3 Å². The third-order valence-corrected chi connectivity index (χ3v) is 4.88. The molecule has 0 saturated carbocycles. The van der Waals surface area contributed by atoms with E-state index >= 15 is 0 Å². The highest BCUT2D eigenvalue weighted by molar-refractivity contribution is 6.05. The zero-order valence-corrected chi connectivity index (χ0v) is 15.7. The molecule has 2 aromatic carbocycles. The zero-order chi connectivity index (χ0) is 20.5. The minimum Gasteiger partial charge on any atom is -0.435 e. The fraction of sp³-hybridized carbons (Fsp3) is 0.238. The monoisotopic (exact) mass is 399 g/mol. The molecule has 0 aliphatic carbocycles. The number of hydrogen-bond acceptors (Lipinski definition) is 3. The number of H-pyrrole nitrogens is 1. The lowest BCUT2D eigenvalue weighted by molar-refractivity contribution is -0.0498. The number of ether oxygens (including phenoxy) is 1. The van der Waals surface area contributed by atoms with Gasteiger partial charge in [0.25, 0.3) is 11.5 Å². The largest absolute Gasteiger partial charge is 0.435 e. The molecule has 4 rings (SSSR count). The van der Waals surface area contributed by atoms with E-state index in [4.69, 9.17) is 0 Å². The molecule has 29 heavy (non-hydrogen) atoms. The number of nitrogens with zero attached hydrogens (tertiary/aromatic N) is 2. The number of carbonyl (C=O) groups is 1. The number of rotatable bonds is 4. The standard InChI is InChI=1S/C21H19F2N3O3/c1-13-4-6-15(7-5-13)26-19(27)12-17(24-26)20(28)25-10-2-3-14-11-16(29-21(22)23)8-9-18(14)25/h4-9,11-12,21,24H,2-3,10H2,1H3. The van der Waals surface area contributed by atoms with Crippen LogP contribution >= 0.6 is 0 Å². The van der Waals surface area contributed by atoms with Gasteiger partial charge in [-0.3, -0.25) is 14.7 Å². The number of aromatic nitrogens is 2. The van der Waals surface area contributed by atoms with Crippen LogP contribution in [0.5, 0.6) is 5.75 Å². The SMILES string of the molecule is Cc1ccc(-n2[nH]c(C(=O)N3CCCc4cc(OC(F)F)ccc43)cc2=O)cc1. The summed E-state index contributed by atoms with van der Waals surface area (Å²) >= 11 is 0. The Morgan fingerprint density at radius 1 is 1.14 bits per heavy atom. The van der Waals surface area contributed by atoms with Crippen molar-refractivity contribution in [2.24, 2.45) is 0 Å². The summed E-state index contributed by atoms with van der Waals surface area (Å²) < 4.78 is 30.7. The molecule has 0 bridgehead atoms. The molecule has 0 radical (unpaired) electrons. The third-order valence-electron chi connectivity index (χ3n) is 4.88. The number of aryl methyl sites for hydroxylation is 2. The van der Waals surface area contributed by atoms with E-state index in [9.17, 15) is 18.4 Å². The van der Waals surface area contributed by atoms with E-state index in [2.05, 4.69) is 9.84 Å². The Bertz CT molecular complexity index is 1100. The fourth-order valence-corrected chi connectivity index (χ4v) is 3.50. The van der Waals surface area contributed by atoms with Crippen molar-refractivity contribution in [1.82, 2.24) is 9.78 Å². The van der Waals surface area contributed by atoms with E-state index in [1.165, 1.54) is 22.9 Å². The van der Waals surface area contributed by atoms with Gasteiger partial charge >= 0.3 is 6.61 Å². The van der Waals surface area contributed by atoms with Gasteiger partial charge in [0.15, 0.2) is 0 Å². The van der Waals surface area contributed by atoms with Crippen molar-refractivity contribution in [2.75, 3.05) is 11.4 Å². The highest BCUT2D eigenvalue weighted by Gasteiger charge is 2.26. The number of halogens is 2.